The number of anilines is 1. The van der Waals surface area contributed by atoms with Gasteiger partial charge >= 0.3 is 6.18 Å². The zero-order valence-corrected chi connectivity index (χ0v) is 13.4. The molecule has 0 atom stereocenters. The molecule has 0 saturated carbocycles. The fourth-order valence-electron chi connectivity index (χ4n) is 3.09. The third kappa shape index (κ3) is 4.10. The zero-order valence-electron chi connectivity index (χ0n) is 13.4. The third-order valence-electron chi connectivity index (χ3n) is 4.50. The second kappa shape index (κ2) is 7.00. The number of benzene rings is 2. The van der Waals surface area contributed by atoms with Crippen LogP contribution in [0.15, 0.2) is 42.5 Å². The highest BCUT2D eigenvalue weighted by Gasteiger charge is 2.31. The Balaban J connectivity index is 1.64. The SMILES string of the molecule is Fc1cccc(F)c1C[NH+]1CCN(c2cccc(C(F)(F)F)c2)CC1. The van der Waals surface area contributed by atoms with E-state index in [1.807, 2.05) is 4.90 Å². The highest BCUT2D eigenvalue weighted by atomic mass is 19.4. The molecule has 25 heavy (non-hydrogen) atoms. The van der Waals surface area contributed by atoms with Gasteiger partial charge in [-0.3, -0.25) is 0 Å². The largest absolute Gasteiger partial charge is 0.416 e. The van der Waals surface area contributed by atoms with E-state index in [-0.39, 0.29) is 12.1 Å². The highest BCUT2D eigenvalue weighted by molar-refractivity contribution is 5.49. The Bertz CT molecular complexity index is 716. The summed E-state index contributed by atoms with van der Waals surface area (Å²) in [7, 11) is 0. The van der Waals surface area contributed by atoms with Gasteiger partial charge in [0.2, 0.25) is 0 Å². The maximum absolute atomic E-state index is 13.7. The van der Waals surface area contributed by atoms with Gasteiger partial charge in [-0.25, -0.2) is 8.78 Å². The number of quaternary nitrogens is 1. The van der Waals surface area contributed by atoms with Gasteiger partial charge in [0.05, 0.1) is 37.3 Å². The van der Waals surface area contributed by atoms with Crippen molar-refractivity contribution in [2.45, 2.75) is 12.7 Å². The van der Waals surface area contributed by atoms with Crippen LogP contribution in [0.3, 0.4) is 0 Å². The van der Waals surface area contributed by atoms with Gasteiger partial charge in [-0.15, -0.1) is 0 Å². The van der Waals surface area contributed by atoms with Crippen molar-refractivity contribution >= 4 is 5.69 Å². The first-order valence-electron chi connectivity index (χ1n) is 8.03. The molecule has 0 aliphatic carbocycles. The maximum Gasteiger partial charge on any atom is 0.416 e. The molecule has 0 aromatic heterocycles. The standard InChI is InChI=1S/C18H17F5N2/c19-16-5-2-6-17(20)15(16)12-24-7-9-25(10-8-24)14-4-1-3-13(11-14)18(21,22)23/h1-6,11H,7-10,12H2/p+1. The molecule has 2 aromatic carbocycles. The van der Waals surface area contributed by atoms with Crippen LogP contribution < -0.4 is 9.80 Å². The van der Waals surface area contributed by atoms with Crippen LogP contribution in [-0.4, -0.2) is 26.2 Å². The summed E-state index contributed by atoms with van der Waals surface area (Å²) in [6.07, 6.45) is -4.37. The third-order valence-corrected chi connectivity index (χ3v) is 4.50. The molecule has 2 nitrogen and oxygen atoms in total. The quantitative estimate of drug-likeness (QED) is 0.830. The molecule has 0 spiro atoms. The Morgan fingerprint density at radius 2 is 1.52 bits per heavy atom. The van der Waals surface area contributed by atoms with E-state index < -0.39 is 23.4 Å². The molecule has 7 heteroatoms. The predicted octanol–water partition coefficient (Wildman–Crippen LogP) is 2.89. The molecule has 1 aliphatic rings. The zero-order chi connectivity index (χ0) is 18.0. The van der Waals surface area contributed by atoms with E-state index in [0.717, 1.165) is 17.0 Å². The number of hydrogen-bond acceptors (Lipinski definition) is 1. The molecular weight excluding hydrogens is 339 g/mol. The first kappa shape index (κ1) is 17.7. The molecule has 0 unspecified atom stereocenters. The van der Waals surface area contributed by atoms with Gasteiger partial charge < -0.3 is 9.80 Å². The number of hydrogen-bond donors (Lipinski definition) is 1. The Labute approximate surface area is 142 Å². The van der Waals surface area contributed by atoms with Gasteiger partial charge in [0, 0.05) is 5.69 Å². The van der Waals surface area contributed by atoms with Crippen LogP contribution in [0.4, 0.5) is 27.6 Å². The summed E-state index contributed by atoms with van der Waals surface area (Å²) in [6, 6.07) is 9.03. The summed E-state index contributed by atoms with van der Waals surface area (Å²) in [4.78, 5) is 2.88. The van der Waals surface area contributed by atoms with Gasteiger partial charge in [-0.1, -0.05) is 12.1 Å². The van der Waals surface area contributed by atoms with Gasteiger partial charge in [-0.2, -0.15) is 13.2 Å². The summed E-state index contributed by atoms with van der Waals surface area (Å²) >= 11 is 0. The lowest BCUT2D eigenvalue weighted by molar-refractivity contribution is -0.914. The minimum atomic E-state index is -4.37. The van der Waals surface area contributed by atoms with Crippen LogP contribution in [0.5, 0.6) is 0 Å². The lowest BCUT2D eigenvalue weighted by Crippen LogP contribution is -3.13. The average molecular weight is 357 g/mol. The Kier molecular flexibility index (Phi) is 4.94. The van der Waals surface area contributed by atoms with Crippen LogP contribution in [0.2, 0.25) is 0 Å². The fraction of sp³-hybridized carbons (Fsp3) is 0.333. The van der Waals surface area contributed by atoms with E-state index in [2.05, 4.69) is 0 Å². The second-order valence-electron chi connectivity index (χ2n) is 6.16. The van der Waals surface area contributed by atoms with E-state index in [0.29, 0.717) is 31.9 Å². The molecular formula is C18H18F5N2+. The van der Waals surface area contributed by atoms with Crippen LogP contribution >= 0.6 is 0 Å². The Morgan fingerprint density at radius 3 is 2.12 bits per heavy atom. The van der Waals surface area contributed by atoms with E-state index in [1.54, 1.807) is 6.07 Å². The van der Waals surface area contributed by atoms with Gasteiger partial charge in [0.1, 0.15) is 18.2 Å². The number of halogens is 5. The minimum absolute atomic E-state index is 0.0602. The predicted molar refractivity (Wildman–Crippen MR) is 84.4 cm³/mol. The molecule has 3 rings (SSSR count). The fourth-order valence-corrected chi connectivity index (χ4v) is 3.09. The summed E-state index contributed by atoms with van der Waals surface area (Å²) in [6.45, 7) is 2.50. The van der Waals surface area contributed by atoms with Crippen molar-refractivity contribution in [3.8, 4) is 0 Å². The van der Waals surface area contributed by atoms with Crippen molar-refractivity contribution in [3.63, 3.8) is 0 Å². The number of alkyl halides is 3. The monoisotopic (exact) mass is 357 g/mol. The van der Waals surface area contributed by atoms with Crippen molar-refractivity contribution < 1.29 is 26.9 Å². The van der Waals surface area contributed by atoms with Crippen molar-refractivity contribution in [1.29, 1.82) is 0 Å². The smallest absolute Gasteiger partial charge is 0.360 e. The van der Waals surface area contributed by atoms with Crippen molar-refractivity contribution in [3.05, 3.63) is 65.2 Å². The van der Waals surface area contributed by atoms with Gasteiger partial charge in [0.25, 0.3) is 0 Å². The van der Waals surface area contributed by atoms with Gasteiger partial charge in [-0.05, 0) is 30.3 Å². The van der Waals surface area contributed by atoms with Crippen LogP contribution in [0.25, 0.3) is 0 Å². The molecule has 0 bridgehead atoms. The second-order valence-corrected chi connectivity index (χ2v) is 6.16. The van der Waals surface area contributed by atoms with Gasteiger partial charge in [0.15, 0.2) is 0 Å². The number of piperazine rings is 1. The van der Waals surface area contributed by atoms with Crippen LogP contribution in [0, 0.1) is 11.6 Å². The molecule has 1 aliphatic heterocycles. The molecule has 1 saturated heterocycles. The van der Waals surface area contributed by atoms with E-state index in [1.165, 1.54) is 24.3 Å². The number of nitrogens with zero attached hydrogens (tertiary/aromatic N) is 1. The molecule has 134 valence electrons. The highest BCUT2D eigenvalue weighted by Crippen LogP contribution is 2.31. The minimum Gasteiger partial charge on any atom is -0.360 e. The Hall–Kier alpha value is -2.15. The van der Waals surface area contributed by atoms with Crippen LogP contribution in [0.1, 0.15) is 11.1 Å². The Morgan fingerprint density at radius 1 is 0.920 bits per heavy atom. The molecule has 2 aromatic rings. The summed E-state index contributed by atoms with van der Waals surface area (Å²) in [5.41, 5.74) is -0.0934. The molecule has 1 fully saturated rings. The van der Waals surface area contributed by atoms with E-state index >= 15 is 0 Å². The van der Waals surface area contributed by atoms with Crippen molar-refractivity contribution in [2.24, 2.45) is 0 Å². The average Bonchev–Trinajstić information content (AvgIpc) is 2.58. The summed E-state index contributed by atoms with van der Waals surface area (Å²) in [5.74, 6) is -1.12. The summed E-state index contributed by atoms with van der Waals surface area (Å²) in [5, 5.41) is 0. The maximum atomic E-state index is 13.7. The normalized spacial score (nSPS) is 16.3. The lowest BCUT2D eigenvalue weighted by atomic mass is 10.1. The van der Waals surface area contributed by atoms with Crippen LogP contribution in [-0.2, 0) is 12.7 Å². The van der Waals surface area contributed by atoms with Crippen molar-refractivity contribution in [1.82, 2.24) is 0 Å². The van der Waals surface area contributed by atoms with Crippen molar-refractivity contribution in [2.75, 3.05) is 31.1 Å². The molecule has 0 amide bonds. The molecule has 0 radical (unpaired) electrons. The topological polar surface area (TPSA) is 7.68 Å². The molecule has 1 heterocycles. The molecule has 1 N–H and O–H groups in total. The van der Waals surface area contributed by atoms with E-state index in [4.69, 9.17) is 0 Å². The summed E-state index contributed by atoms with van der Waals surface area (Å²) < 4.78 is 65.9. The lowest BCUT2D eigenvalue weighted by Gasteiger charge is -2.34. The first-order valence-corrected chi connectivity index (χ1v) is 8.03. The van der Waals surface area contributed by atoms with E-state index in [9.17, 15) is 22.0 Å². The number of nitrogens with one attached hydrogen (secondary N) is 1. The first-order chi connectivity index (χ1) is 11.8. The number of rotatable bonds is 3.